The summed E-state index contributed by atoms with van der Waals surface area (Å²) in [7, 11) is 1.68. The number of benzene rings is 2. The van der Waals surface area contributed by atoms with E-state index in [1.807, 2.05) is 56.3 Å². The van der Waals surface area contributed by atoms with Crippen LogP contribution in [-0.2, 0) is 24.1 Å². The first-order chi connectivity index (χ1) is 14.9. The quantitative estimate of drug-likeness (QED) is 0.450. The van der Waals surface area contributed by atoms with Gasteiger partial charge in [-0.25, -0.2) is 9.97 Å². The van der Waals surface area contributed by atoms with Gasteiger partial charge in [-0.2, -0.15) is 0 Å². The van der Waals surface area contributed by atoms with Crippen LogP contribution in [-0.4, -0.2) is 23.0 Å². The molecule has 0 spiro atoms. The first kappa shape index (κ1) is 21.5. The minimum atomic E-state index is -0.0974. The third-order valence-electron chi connectivity index (χ3n) is 5.15. The summed E-state index contributed by atoms with van der Waals surface area (Å²) in [5.74, 6) is 1.27. The third kappa shape index (κ3) is 4.95. The van der Waals surface area contributed by atoms with E-state index in [9.17, 15) is 4.79 Å². The topological polar surface area (TPSA) is 64.1 Å². The Morgan fingerprint density at radius 2 is 1.90 bits per heavy atom. The molecule has 0 unspecified atom stereocenters. The molecule has 1 amide bonds. The number of methoxy groups -OCH3 is 1. The third-order valence-corrected chi connectivity index (χ3v) is 5.87. The summed E-state index contributed by atoms with van der Waals surface area (Å²) in [6.07, 6.45) is 3.90. The number of allylic oxidation sites excluding steroid dienone is 1. The van der Waals surface area contributed by atoms with Crippen LogP contribution in [0.3, 0.4) is 0 Å². The van der Waals surface area contributed by atoms with Crippen molar-refractivity contribution in [2.24, 2.45) is 0 Å². The van der Waals surface area contributed by atoms with Gasteiger partial charge in [0.2, 0.25) is 5.91 Å². The number of anilines is 1. The van der Waals surface area contributed by atoms with Crippen molar-refractivity contribution in [3.05, 3.63) is 74.1 Å². The Balaban J connectivity index is 1.67. The molecular weight excluding hydrogens is 501 g/mol. The lowest BCUT2D eigenvalue weighted by atomic mass is 9.91. The molecule has 4 rings (SSSR count). The minimum Gasteiger partial charge on any atom is -0.497 e. The summed E-state index contributed by atoms with van der Waals surface area (Å²) in [5.41, 5.74) is 6.82. The van der Waals surface area contributed by atoms with E-state index < -0.39 is 0 Å². The second-order valence-corrected chi connectivity index (χ2v) is 9.09. The van der Waals surface area contributed by atoms with E-state index in [0.29, 0.717) is 17.9 Å². The van der Waals surface area contributed by atoms with E-state index in [1.54, 1.807) is 7.11 Å². The second kappa shape index (κ2) is 9.18. The Labute approximate surface area is 196 Å². The summed E-state index contributed by atoms with van der Waals surface area (Å²) >= 11 is 2.26. The van der Waals surface area contributed by atoms with Gasteiger partial charge in [0.1, 0.15) is 11.4 Å². The van der Waals surface area contributed by atoms with Crippen LogP contribution in [0.25, 0.3) is 17.3 Å². The van der Waals surface area contributed by atoms with Gasteiger partial charge in [-0.3, -0.25) is 4.79 Å². The zero-order chi connectivity index (χ0) is 22.0. The van der Waals surface area contributed by atoms with Gasteiger partial charge in [0.25, 0.3) is 0 Å². The molecule has 1 N–H and O–H groups in total. The maximum absolute atomic E-state index is 12.7. The van der Waals surface area contributed by atoms with Crippen LogP contribution in [0.2, 0.25) is 0 Å². The number of ether oxygens (including phenoxy) is 1. The number of fused-ring (bicyclic) bond motifs is 3. The van der Waals surface area contributed by atoms with E-state index in [-0.39, 0.29) is 5.91 Å². The summed E-state index contributed by atoms with van der Waals surface area (Å²) in [6.45, 7) is 4.02. The SMILES string of the molecule is COc1ccc2c(c1)CCc1nc(NC(=O)Cc3ccc(I)cc3)c(C=C(C)C)nc1-2. The molecule has 0 radical (unpaired) electrons. The number of aryl methyl sites for hydroxylation is 2. The van der Waals surface area contributed by atoms with E-state index >= 15 is 0 Å². The molecule has 1 heterocycles. The van der Waals surface area contributed by atoms with Crippen LogP contribution in [0.4, 0.5) is 5.82 Å². The molecule has 0 bridgehead atoms. The highest BCUT2D eigenvalue weighted by Gasteiger charge is 2.22. The fourth-order valence-corrected chi connectivity index (χ4v) is 4.05. The standard InChI is InChI=1S/C25H24IN3O2/c1-15(2)12-22-25(29-23(30)13-16-4-7-18(26)8-5-16)28-21-11-6-17-14-19(31-3)9-10-20(17)24(21)27-22/h4-5,7-10,12,14H,6,11,13H2,1-3H3,(H,28,29,30). The van der Waals surface area contributed by atoms with Crippen molar-refractivity contribution in [2.75, 3.05) is 12.4 Å². The van der Waals surface area contributed by atoms with Crippen LogP contribution in [0.1, 0.15) is 36.4 Å². The number of halogens is 1. The molecule has 1 aliphatic rings. The number of aromatic nitrogens is 2. The van der Waals surface area contributed by atoms with Crippen LogP contribution < -0.4 is 10.1 Å². The van der Waals surface area contributed by atoms with Crippen molar-refractivity contribution >= 4 is 40.4 Å². The van der Waals surface area contributed by atoms with Gasteiger partial charge in [0, 0.05) is 9.13 Å². The lowest BCUT2D eigenvalue weighted by molar-refractivity contribution is -0.115. The van der Waals surface area contributed by atoms with Crippen LogP contribution >= 0.6 is 22.6 Å². The summed E-state index contributed by atoms with van der Waals surface area (Å²) < 4.78 is 6.51. The highest BCUT2D eigenvalue weighted by Crippen LogP contribution is 2.35. The molecule has 0 saturated carbocycles. The zero-order valence-corrected chi connectivity index (χ0v) is 20.0. The van der Waals surface area contributed by atoms with Gasteiger partial charge >= 0.3 is 0 Å². The number of hydrogen-bond donors (Lipinski definition) is 1. The number of amides is 1. The van der Waals surface area contributed by atoms with Crippen LogP contribution in [0.15, 0.2) is 48.0 Å². The fraction of sp³-hybridized carbons (Fsp3) is 0.240. The largest absolute Gasteiger partial charge is 0.497 e. The number of nitrogens with zero attached hydrogens (tertiary/aromatic N) is 2. The van der Waals surface area contributed by atoms with Crippen molar-refractivity contribution in [3.63, 3.8) is 0 Å². The number of rotatable bonds is 5. The Morgan fingerprint density at radius 1 is 1.13 bits per heavy atom. The molecule has 3 aromatic rings. The van der Waals surface area contributed by atoms with E-state index in [2.05, 4.69) is 34.0 Å². The number of carbonyl (C=O) groups is 1. The van der Waals surface area contributed by atoms with Crippen molar-refractivity contribution < 1.29 is 9.53 Å². The maximum Gasteiger partial charge on any atom is 0.230 e. The summed E-state index contributed by atoms with van der Waals surface area (Å²) in [4.78, 5) is 22.5. The maximum atomic E-state index is 12.7. The first-order valence-corrected chi connectivity index (χ1v) is 11.3. The Bertz CT molecular complexity index is 1170. The van der Waals surface area contributed by atoms with E-state index in [4.69, 9.17) is 14.7 Å². The van der Waals surface area contributed by atoms with E-state index in [1.165, 1.54) is 5.56 Å². The molecule has 0 saturated heterocycles. The predicted octanol–water partition coefficient (Wildman–Crippen LogP) is 5.46. The van der Waals surface area contributed by atoms with Crippen molar-refractivity contribution in [1.29, 1.82) is 0 Å². The molecule has 1 aliphatic carbocycles. The Hall–Kier alpha value is -2.74. The van der Waals surface area contributed by atoms with Crippen LogP contribution in [0, 0.1) is 3.57 Å². The van der Waals surface area contributed by atoms with E-state index in [0.717, 1.165) is 50.2 Å². The second-order valence-electron chi connectivity index (χ2n) is 7.85. The summed E-state index contributed by atoms with van der Waals surface area (Å²) in [6, 6.07) is 14.0. The van der Waals surface area contributed by atoms with Crippen LogP contribution in [0.5, 0.6) is 5.75 Å². The average molecular weight is 525 g/mol. The van der Waals surface area contributed by atoms with Crippen molar-refractivity contribution in [2.45, 2.75) is 33.1 Å². The molecule has 0 aliphatic heterocycles. The molecule has 0 atom stereocenters. The average Bonchev–Trinajstić information content (AvgIpc) is 2.75. The van der Waals surface area contributed by atoms with Gasteiger partial charge in [-0.05, 0) is 96.8 Å². The van der Waals surface area contributed by atoms with Crippen molar-refractivity contribution in [3.8, 4) is 17.0 Å². The molecule has 2 aromatic carbocycles. The number of hydrogen-bond acceptors (Lipinski definition) is 4. The zero-order valence-electron chi connectivity index (χ0n) is 17.8. The van der Waals surface area contributed by atoms with Gasteiger partial charge < -0.3 is 10.1 Å². The molecule has 0 fully saturated rings. The number of nitrogens with one attached hydrogen (secondary N) is 1. The van der Waals surface area contributed by atoms with Crippen molar-refractivity contribution in [1.82, 2.24) is 9.97 Å². The van der Waals surface area contributed by atoms with Gasteiger partial charge in [0.05, 0.1) is 24.9 Å². The highest BCUT2D eigenvalue weighted by atomic mass is 127. The van der Waals surface area contributed by atoms with Gasteiger partial charge in [-0.1, -0.05) is 17.7 Å². The predicted molar refractivity (Wildman–Crippen MR) is 132 cm³/mol. The lowest BCUT2D eigenvalue weighted by Gasteiger charge is -2.21. The smallest absolute Gasteiger partial charge is 0.230 e. The molecule has 6 heteroatoms. The molecule has 5 nitrogen and oxygen atoms in total. The molecule has 1 aromatic heterocycles. The fourth-order valence-electron chi connectivity index (χ4n) is 3.69. The lowest BCUT2D eigenvalue weighted by Crippen LogP contribution is -2.19. The highest BCUT2D eigenvalue weighted by molar-refractivity contribution is 14.1. The van der Waals surface area contributed by atoms with Gasteiger partial charge in [0.15, 0.2) is 5.82 Å². The molecular formula is C25H24IN3O2. The molecule has 31 heavy (non-hydrogen) atoms. The normalized spacial score (nSPS) is 11.9. The Kier molecular flexibility index (Phi) is 6.36. The first-order valence-electron chi connectivity index (χ1n) is 10.2. The Morgan fingerprint density at radius 3 is 2.61 bits per heavy atom. The van der Waals surface area contributed by atoms with Gasteiger partial charge in [-0.15, -0.1) is 0 Å². The summed E-state index contributed by atoms with van der Waals surface area (Å²) in [5, 5.41) is 2.99. The minimum absolute atomic E-state index is 0.0974. The molecule has 158 valence electrons. The monoisotopic (exact) mass is 525 g/mol. The number of carbonyl (C=O) groups excluding carboxylic acids is 1.